The van der Waals surface area contributed by atoms with Gasteiger partial charge in [0.05, 0.1) is 17.1 Å². The molecule has 1 saturated heterocycles. The monoisotopic (exact) mass is 323 g/mol. The lowest BCUT2D eigenvalue weighted by molar-refractivity contribution is -0.910. The molecule has 1 unspecified atom stereocenters. The van der Waals surface area contributed by atoms with Crippen molar-refractivity contribution in [2.24, 2.45) is 0 Å². The maximum Gasteiger partial charge on any atom is 0.279 e. The summed E-state index contributed by atoms with van der Waals surface area (Å²) in [6.45, 7) is 1.22. The van der Waals surface area contributed by atoms with Crippen molar-refractivity contribution >= 4 is 22.9 Å². The van der Waals surface area contributed by atoms with Gasteiger partial charge in [-0.15, -0.1) is 11.3 Å². The molecule has 2 atom stereocenters. The van der Waals surface area contributed by atoms with Gasteiger partial charge in [0.2, 0.25) is 0 Å². The molecule has 22 heavy (non-hydrogen) atoms. The van der Waals surface area contributed by atoms with Crippen LogP contribution in [0.3, 0.4) is 0 Å². The first-order chi connectivity index (χ1) is 10.6. The van der Waals surface area contributed by atoms with Crippen LogP contribution < -0.4 is 10.2 Å². The van der Waals surface area contributed by atoms with Crippen LogP contribution in [0.15, 0.2) is 35.7 Å². The van der Waals surface area contributed by atoms with Crippen molar-refractivity contribution in [3.8, 4) is 0 Å². The van der Waals surface area contributed by atoms with E-state index in [0.717, 1.165) is 31.5 Å². The number of carbonyl (C=O) groups excluding carboxylic acids is 1. The van der Waals surface area contributed by atoms with Crippen molar-refractivity contribution < 1.29 is 18.5 Å². The van der Waals surface area contributed by atoms with Gasteiger partial charge in [-0.05, 0) is 23.6 Å². The molecule has 1 aliphatic rings. The molecule has 6 heteroatoms. The molecule has 1 aromatic heterocycles. The number of anilines is 1. The number of carbonyl (C=O) groups is 1. The lowest BCUT2D eigenvalue weighted by Gasteiger charge is -2.20. The van der Waals surface area contributed by atoms with Gasteiger partial charge in [0, 0.05) is 18.9 Å². The Hall–Kier alpha value is -1.79. The number of nitrogens with one attached hydrogen (secondary N) is 2. The molecule has 3 nitrogen and oxygen atoms in total. The fourth-order valence-electron chi connectivity index (χ4n) is 2.95. The maximum absolute atomic E-state index is 13.6. The molecular formula is C16H17F2N2OS+. The maximum atomic E-state index is 13.6. The average Bonchev–Trinajstić information content (AvgIpc) is 3.12. The summed E-state index contributed by atoms with van der Waals surface area (Å²) in [5.41, 5.74) is 0.0256. The van der Waals surface area contributed by atoms with Gasteiger partial charge in [-0.1, -0.05) is 6.07 Å². The van der Waals surface area contributed by atoms with Crippen LogP contribution >= 0.6 is 11.3 Å². The second kappa shape index (κ2) is 6.54. The zero-order valence-corrected chi connectivity index (χ0v) is 12.8. The van der Waals surface area contributed by atoms with Crippen LogP contribution in [0, 0.1) is 11.6 Å². The van der Waals surface area contributed by atoms with Crippen LogP contribution in [-0.2, 0) is 4.79 Å². The molecule has 0 radical (unpaired) electrons. The van der Waals surface area contributed by atoms with E-state index in [1.807, 2.05) is 11.4 Å². The van der Waals surface area contributed by atoms with Crippen molar-refractivity contribution in [2.75, 3.05) is 18.4 Å². The number of halogens is 2. The standard InChI is InChI=1S/C16H16F2N2OS/c17-11-5-6-13(12(18)9-11)19-16(21)10-20-7-1-3-14(20)15-4-2-8-22-15/h2,4-6,8-9,14H,1,3,7,10H2,(H,19,21)/p+1/t14-/m0/s1. The zero-order chi connectivity index (χ0) is 15.5. The van der Waals surface area contributed by atoms with E-state index in [2.05, 4.69) is 11.4 Å². The largest absolute Gasteiger partial charge is 0.320 e. The van der Waals surface area contributed by atoms with Gasteiger partial charge in [0.25, 0.3) is 5.91 Å². The lowest BCUT2D eigenvalue weighted by atomic mass is 10.2. The SMILES string of the molecule is O=C(C[NH+]1CCC[C@H]1c1cccs1)Nc1ccc(F)cc1F. The summed E-state index contributed by atoms with van der Waals surface area (Å²) < 4.78 is 26.4. The minimum Gasteiger partial charge on any atom is -0.320 e. The highest BCUT2D eigenvalue weighted by atomic mass is 32.1. The van der Waals surface area contributed by atoms with Crippen LogP contribution in [0.4, 0.5) is 14.5 Å². The van der Waals surface area contributed by atoms with Crippen LogP contribution in [0.2, 0.25) is 0 Å². The zero-order valence-electron chi connectivity index (χ0n) is 11.9. The molecule has 2 aromatic rings. The number of quaternary nitrogens is 1. The van der Waals surface area contributed by atoms with E-state index in [4.69, 9.17) is 0 Å². The van der Waals surface area contributed by atoms with Crippen molar-refractivity contribution in [2.45, 2.75) is 18.9 Å². The van der Waals surface area contributed by atoms with E-state index in [9.17, 15) is 13.6 Å². The van der Waals surface area contributed by atoms with E-state index < -0.39 is 11.6 Å². The van der Waals surface area contributed by atoms with Crippen LogP contribution in [-0.4, -0.2) is 19.0 Å². The topological polar surface area (TPSA) is 33.5 Å². The molecular weight excluding hydrogens is 306 g/mol. The van der Waals surface area contributed by atoms with Crippen molar-refractivity contribution in [1.29, 1.82) is 0 Å². The molecule has 0 aliphatic carbocycles. The number of benzene rings is 1. The molecule has 2 heterocycles. The summed E-state index contributed by atoms with van der Waals surface area (Å²) in [5, 5.41) is 4.57. The van der Waals surface area contributed by atoms with E-state index in [-0.39, 0.29) is 11.6 Å². The summed E-state index contributed by atoms with van der Waals surface area (Å²) in [6.07, 6.45) is 2.14. The third kappa shape index (κ3) is 3.34. The van der Waals surface area contributed by atoms with Crippen molar-refractivity contribution in [3.63, 3.8) is 0 Å². The second-order valence-corrected chi connectivity index (χ2v) is 6.45. The Kier molecular flexibility index (Phi) is 4.49. The molecule has 1 aliphatic heterocycles. The molecule has 2 N–H and O–H groups in total. The van der Waals surface area contributed by atoms with Crippen LogP contribution in [0.1, 0.15) is 23.8 Å². The highest BCUT2D eigenvalue weighted by molar-refractivity contribution is 7.10. The molecule has 116 valence electrons. The Balaban J connectivity index is 1.64. The van der Waals surface area contributed by atoms with Crippen molar-refractivity contribution in [3.05, 3.63) is 52.2 Å². The summed E-state index contributed by atoms with van der Waals surface area (Å²) in [5.74, 6) is -1.65. The first-order valence-electron chi connectivity index (χ1n) is 7.26. The summed E-state index contributed by atoms with van der Waals surface area (Å²) in [7, 11) is 0. The smallest absolute Gasteiger partial charge is 0.279 e. The quantitative estimate of drug-likeness (QED) is 0.890. The number of hydrogen-bond donors (Lipinski definition) is 2. The Morgan fingerprint density at radius 3 is 2.95 bits per heavy atom. The number of hydrogen-bond acceptors (Lipinski definition) is 2. The minimum absolute atomic E-state index is 0.0256. The van der Waals surface area contributed by atoms with Crippen molar-refractivity contribution in [1.82, 2.24) is 0 Å². The van der Waals surface area contributed by atoms with Crippen LogP contribution in [0.5, 0.6) is 0 Å². The summed E-state index contributed by atoms with van der Waals surface area (Å²) in [6, 6.07) is 7.60. The van der Waals surface area contributed by atoms with Gasteiger partial charge in [-0.25, -0.2) is 8.78 Å². The Morgan fingerprint density at radius 2 is 2.23 bits per heavy atom. The van der Waals surface area contributed by atoms with E-state index in [1.165, 1.54) is 15.8 Å². The third-order valence-electron chi connectivity index (χ3n) is 3.96. The normalized spacial score (nSPS) is 21.0. The number of thiophene rings is 1. The van der Waals surface area contributed by atoms with E-state index in [1.54, 1.807) is 11.3 Å². The lowest BCUT2D eigenvalue weighted by Crippen LogP contribution is -3.11. The first kappa shape index (κ1) is 15.1. The van der Waals surface area contributed by atoms with Gasteiger partial charge in [-0.3, -0.25) is 4.79 Å². The Bertz CT molecular complexity index is 660. The third-order valence-corrected chi connectivity index (χ3v) is 4.95. The minimum atomic E-state index is -0.750. The average molecular weight is 323 g/mol. The highest BCUT2D eigenvalue weighted by Gasteiger charge is 2.32. The van der Waals surface area contributed by atoms with E-state index >= 15 is 0 Å². The number of amides is 1. The van der Waals surface area contributed by atoms with Gasteiger partial charge in [0.15, 0.2) is 6.54 Å². The van der Waals surface area contributed by atoms with Gasteiger partial charge >= 0.3 is 0 Å². The predicted molar refractivity (Wildman–Crippen MR) is 82.0 cm³/mol. The fraction of sp³-hybridized carbons (Fsp3) is 0.312. The fourth-order valence-corrected chi connectivity index (χ4v) is 3.87. The second-order valence-electron chi connectivity index (χ2n) is 5.47. The van der Waals surface area contributed by atoms with Crippen LogP contribution in [0.25, 0.3) is 0 Å². The summed E-state index contributed by atoms with van der Waals surface area (Å²) >= 11 is 1.70. The Labute approximate surface area is 131 Å². The molecule has 1 amide bonds. The molecule has 3 rings (SSSR count). The van der Waals surface area contributed by atoms with Gasteiger partial charge in [0.1, 0.15) is 17.7 Å². The Morgan fingerprint density at radius 1 is 1.36 bits per heavy atom. The number of likely N-dealkylation sites (tertiary alicyclic amines) is 1. The summed E-state index contributed by atoms with van der Waals surface area (Å²) in [4.78, 5) is 14.6. The number of rotatable bonds is 4. The molecule has 0 bridgehead atoms. The van der Waals surface area contributed by atoms with Gasteiger partial charge in [-0.2, -0.15) is 0 Å². The molecule has 1 aromatic carbocycles. The van der Waals surface area contributed by atoms with Gasteiger partial charge < -0.3 is 10.2 Å². The highest BCUT2D eigenvalue weighted by Crippen LogP contribution is 2.23. The molecule has 0 spiro atoms. The predicted octanol–water partition coefficient (Wildman–Crippen LogP) is 2.38. The molecule has 0 saturated carbocycles. The van der Waals surface area contributed by atoms with E-state index in [0.29, 0.717) is 12.6 Å². The first-order valence-corrected chi connectivity index (χ1v) is 8.14. The molecule has 1 fully saturated rings.